The van der Waals surface area contributed by atoms with Crippen LogP contribution in [0.25, 0.3) is 0 Å². The Balaban J connectivity index is 1.62. The van der Waals surface area contributed by atoms with Crippen LogP contribution in [0, 0.1) is 56.2 Å². The van der Waals surface area contributed by atoms with Crippen molar-refractivity contribution in [1.29, 1.82) is 0 Å². The number of aliphatic hydroxyl groups excluding tert-OH is 1. The van der Waals surface area contributed by atoms with Crippen molar-refractivity contribution in [1.82, 2.24) is 0 Å². The molecule has 0 radical (unpaired) electrons. The number of fused-ring (bicyclic) bond motifs is 7. The number of ketones is 1. The topological polar surface area (TPSA) is 37.3 Å². The van der Waals surface area contributed by atoms with Gasteiger partial charge in [0.15, 0.2) is 0 Å². The van der Waals surface area contributed by atoms with Crippen molar-refractivity contribution >= 4 is 5.78 Å². The maximum Gasteiger partial charge on any atom is 0.141 e. The van der Waals surface area contributed by atoms with E-state index < -0.39 is 6.10 Å². The largest absolute Gasteiger partial charge is 0.392 e. The second-order valence-electron chi connectivity index (χ2n) is 15.2. The first-order chi connectivity index (χ1) is 15.1. The van der Waals surface area contributed by atoms with Crippen molar-refractivity contribution in [3.05, 3.63) is 12.2 Å². The van der Waals surface area contributed by atoms with Crippen molar-refractivity contribution in [3.63, 3.8) is 0 Å². The standard InChI is InChI=1S/C31H50O2/c1-19(2)20-10-13-27(5)16-17-30(8)28(6)14-11-21-26(3,4)23(32)18-24(33)31(21,9)22(28)12-15-29(30,7)25(20)27/h20-22,24-25,33H,1,10-18H2,2-9H3. The Morgan fingerprint density at radius 2 is 1.45 bits per heavy atom. The molecule has 0 aliphatic heterocycles. The van der Waals surface area contributed by atoms with E-state index in [-0.39, 0.29) is 33.4 Å². The molecule has 2 heteroatoms. The van der Waals surface area contributed by atoms with Crippen LogP contribution in [0.1, 0.15) is 113 Å². The Labute approximate surface area is 203 Å². The van der Waals surface area contributed by atoms with Gasteiger partial charge in [-0.1, -0.05) is 60.6 Å². The number of hydrogen-bond donors (Lipinski definition) is 1. The van der Waals surface area contributed by atoms with E-state index >= 15 is 0 Å². The van der Waals surface area contributed by atoms with Gasteiger partial charge in [-0.2, -0.15) is 0 Å². The maximum atomic E-state index is 13.0. The van der Waals surface area contributed by atoms with Gasteiger partial charge < -0.3 is 5.11 Å². The fraction of sp³-hybridized carbons (Fsp3) is 0.903. The highest BCUT2D eigenvalue weighted by Crippen LogP contribution is 2.80. The summed E-state index contributed by atoms with van der Waals surface area (Å²) < 4.78 is 0. The second-order valence-corrected chi connectivity index (χ2v) is 15.2. The van der Waals surface area contributed by atoms with E-state index in [0.29, 0.717) is 29.1 Å². The van der Waals surface area contributed by atoms with E-state index in [1.54, 1.807) is 0 Å². The van der Waals surface area contributed by atoms with Crippen LogP contribution in [-0.2, 0) is 4.79 Å². The van der Waals surface area contributed by atoms with Crippen LogP contribution < -0.4 is 0 Å². The minimum atomic E-state index is -0.496. The molecule has 2 nitrogen and oxygen atoms in total. The molecule has 0 amide bonds. The molecular weight excluding hydrogens is 404 g/mol. The predicted octanol–water partition coefficient (Wildman–Crippen LogP) is 7.59. The van der Waals surface area contributed by atoms with Crippen LogP contribution >= 0.6 is 0 Å². The Bertz CT molecular complexity index is 887. The third-order valence-electron chi connectivity index (χ3n) is 14.1. The fourth-order valence-electron chi connectivity index (χ4n) is 11.9. The molecule has 10 unspecified atom stereocenters. The van der Waals surface area contributed by atoms with Gasteiger partial charge in [0.1, 0.15) is 5.78 Å². The molecule has 33 heavy (non-hydrogen) atoms. The van der Waals surface area contributed by atoms with Gasteiger partial charge in [-0.3, -0.25) is 4.79 Å². The summed E-state index contributed by atoms with van der Waals surface area (Å²) in [6.45, 7) is 24.0. The monoisotopic (exact) mass is 454 g/mol. The van der Waals surface area contributed by atoms with Crippen molar-refractivity contribution in [3.8, 4) is 0 Å². The van der Waals surface area contributed by atoms with Crippen molar-refractivity contribution in [2.75, 3.05) is 0 Å². The van der Waals surface area contributed by atoms with Crippen LogP contribution in [-0.4, -0.2) is 17.0 Å². The van der Waals surface area contributed by atoms with Gasteiger partial charge in [0.25, 0.3) is 0 Å². The van der Waals surface area contributed by atoms with Crippen LogP contribution in [0.3, 0.4) is 0 Å². The zero-order valence-corrected chi connectivity index (χ0v) is 22.8. The van der Waals surface area contributed by atoms with Gasteiger partial charge in [-0.05, 0) is 104 Å². The summed E-state index contributed by atoms with van der Waals surface area (Å²) in [5.41, 5.74) is 2.12. The highest BCUT2D eigenvalue weighted by molar-refractivity contribution is 5.86. The molecule has 0 aromatic rings. The number of aliphatic hydroxyl groups is 1. The minimum Gasteiger partial charge on any atom is -0.392 e. The second kappa shape index (κ2) is 6.77. The molecule has 0 aromatic carbocycles. The molecule has 186 valence electrons. The van der Waals surface area contributed by atoms with E-state index in [2.05, 4.69) is 62.0 Å². The molecule has 1 N–H and O–H groups in total. The third kappa shape index (κ3) is 2.58. The number of allylic oxidation sites excluding steroid dienone is 1. The maximum absolute atomic E-state index is 13.0. The zero-order chi connectivity index (χ0) is 24.4. The molecule has 0 saturated heterocycles. The number of hydrogen-bond acceptors (Lipinski definition) is 2. The van der Waals surface area contributed by atoms with Crippen LogP contribution in [0.15, 0.2) is 12.2 Å². The Morgan fingerprint density at radius 3 is 2.09 bits per heavy atom. The molecular formula is C31H50O2. The van der Waals surface area contributed by atoms with Gasteiger partial charge in [0.05, 0.1) is 6.10 Å². The molecule has 5 aliphatic carbocycles. The van der Waals surface area contributed by atoms with Gasteiger partial charge in [-0.25, -0.2) is 0 Å². The quantitative estimate of drug-likeness (QED) is 0.414. The first-order valence-electron chi connectivity index (χ1n) is 14.0. The lowest BCUT2D eigenvalue weighted by molar-refractivity contribution is -0.281. The molecule has 5 aliphatic rings. The first kappa shape index (κ1) is 24.1. The summed E-state index contributed by atoms with van der Waals surface area (Å²) in [5, 5.41) is 11.5. The third-order valence-corrected chi connectivity index (χ3v) is 14.1. The molecule has 0 heterocycles. The van der Waals surface area contributed by atoms with E-state index in [0.717, 1.165) is 12.3 Å². The van der Waals surface area contributed by atoms with E-state index in [1.165, 1.54) is 50.5 Å². The van der Waals surface area contributed by atoms with Crippen LogP contribution in [0.5, 0.6) is 0 Å². The molecule has 10 atom stereocenters. The van der Waals surface area contributed by atoms with Crippen molar-refractivity contribution < 1.29 is 9.90 Å². The van der Waals surface area contributed by atoms with Gasteiger partial charge in [0, 0.05) is 17.3 Å². The number of Topliss-reactive ketones (excluding diaryl/α,β-unsaturated/α-hetero) is 1. The molecule has 5 saturated carbocycles. The van der Waals surface area contributed by atoms with Crippen molar-refractivity contribution in [2.45, 2.75) is 119 Å². The predicted molar refractivity (Wildman–Crippen MR) is 136 cm³/mol. The average Bonchev–Trinajstić information content (AvgIpc) is 3.08. The summed E-state index contributed by atoms with van der Waals surface area (Å²) in [6.07, 6.45) is 9.92. The van der Waals surface area contributed by atoms with Crippen LogP contribution in [0.4, 0.5) is 0 Å². The van der Waals surface area contributed by atoms with E-state index in [4.69, 9.17) is 0 Å². The SMILES string of the molecule is C=C(C)C1CCC2(C)CCC3(C)C(C)(CCC4C5(C)C(O)CC(=O)C(C)(C)C5CCC43C)C12. The molecule has 0 spiro atoms. The first-order valence-corrected chi connectivity index (χ1v) is 14.0. The number of carbonyl (C=O) groups is 1. The van der Waals surface area contributed by atoms with Gasteiger partial charge >= 0.3 is 0 Å². The molecule has 5 rings (SSSR count). The molecule has 0 aromatic heterocycles. The molecule has 5 fully saturated rings. The highest BCUT2D eigenvalue weighted by atomic mass is 16.3. The van der Waals surface area contributed by atoms with E-state index in [9.17, 15) is 9.90 Å². The summed E-state index contributed by atoms with van der Waals surface area (Å²) in [5.74, 6) is 2.42. The lowest BCUT2D eigenvalue weighted by atomic mass is 9.29. The average molecular weight is 455 g/mol. The van der Waals surface area contributed by atoms with E-state index in [1.807, 2.05) is 0 Å². The fourth-order valence-corrected chi connectivity index (χ4v) is 11.9. The Hall–Kier alpha value is -0.630. The normalized spacial score (nSPS) is 57.5. The van der Waals surface area contributed by atoms with Crippen LogP contribution in [0.2, 0.25) is 0 Å². The van der Waals surface area contributed by atoms with Gasteiger partial charge in [0.2, 0.25) is 0 Å². The summed E-state index contributed by atoms with van der Waals surface area (Å²) in [7, 11) is 0. The minimum absolute atomic E-state index is 0.168. The lowest BCUT2D eigenvalue weighted by Gasteiger charge is -2.76. The zero-order valence-electron chi connectivity index (χ0n) is 22.8. The number of rotatable bonds is 1. The summed E-state index contributed by atoms with van der Waals surface area (Å²) >= 11 is 0. The molecule has 0 bridgehead atoms. The Morgan fingerprint density at radius 1 is 0.848 bits per heavy atom. The Kier molecular flexibility index (Phi) is 4.94. The smallest absolute Gasteiger partial charge is 0.141 e. The van der Waals surface area contributed by atoms with Gasteiger partial charge in [-0.15, -0.1) is 0 Å². The lowest BCUT2D eigenvalue weighted by Crippen LogP contribution is -2.71. The van der Waals surface area contributed by atoms with Crippen molar-refractivity contribution in [2.24, 2.45) is 56.2 Å². The highest BCUT2D eigenvalue weighted by Gasteiger charge is 2.75. The summed E-state index contributed by atoms with van der Waals surface area (Å²) in [6, 6.07) is 0. The number of carbonyl (C=O) groups excluding carboxylic acids is 1. The summed E-state index contributed by atoms with van der Waals surface area (Å²) in [4.78, 5) is 13.0.